The van der Waals surface area contributed by atoms with Crippen molar-refractivity contribution in [3.8, 4) is 11.6 Å². The molecule has 5 heteroatoms. The first kappa shape index (κ1) is 13.0. The molecule has 98 valence electrons. The number of aromatic nitrogens is 1. The van der Waals surface area contributed by atoms with Gasteiger partial charge in [0.2, 0.25) is 5.88 Å². The van der Waals surface area contributed by atoms with Gasteiger partial charge in [-0.15, -0.1) is 0 Å². The van der Waals surface area contributed by atoms with Gasteiger partial charge in [-0.3, -0.25) is 0 Å². The van der Waals surface area contributed by atoms with Crippen LogP contribution < -0.4 is 4.74 Å². The molecular weight excluding hydrogens is 249 g/mol. The van der Waals surface area contributed by atoms with Crippen LogP contribution >= 0.6 is 0 Å². The van der Waals surface area contributed by atoms with Crippen molar-refractivity contribution in [2.45, 2.75) is 13.8 Å². The van der Waals surface area contributed by atoms with E-state index in [-0.39, 0.29) is 11.4 Å². The highest BCUT2D eigenvalue weighted by Crippen LogP contribution is 2.26. The Hall–Kier alpha value is -2.43. The molecule has 1 aromatic heterocycles. The highest BCUT2D eigenvalue weighted by atomic mass is 19.1. The van der Waals surface area contributed by atoms with E-state index >= 15 is 0 Å². The van der Waals surface area contributed by atoms with Crippen molar-refractivity contribution < 1.29 is 19.0 Å². The maximum Gasteiger partial charge on any atom is 0.337 e. The Balaban J connectivity index is 2.31. The first-order valence-electron chi connectivity index (χ1n) is 5.61. The summed E-state index contributed by atoms with van der Waals surface area (Å²) in [4.78, 5) is 14.8. The van der Waals surface area contributed by atoms with Gasteiger partial charge < -0.3 is 9.84 Å². The average molecular weight is 261 g/mol. The van der Waals surface area contributed by atoms with Crippen LogP contribution in [0.4, 0.5) is 4.39 Å². The average Bonchev–Trinajstić information content (AvgIpc) is 2.34. The summed E-state index contributed by atoms with van der Waals surface area (Å²) in [6.07, 6.45) is 1.23. The van der Waals surface area contributed by atoms with Gasteiger partial charge in [-0.2, -0.15) is 0 Å². The molecule has 0 saturated carbocycles. The van der Waals surface area contributed by atoms with Gasteiger partial charge >= 0.3 is 5.97 Å². The summed E-state index contributed by atoms with van der Waals surface area (Å²) in [6, 6.07) is 5.64. The second kappa shape index (κ2) is 5.06. The van der Waals surface area contributed by atoms with Crippen LogP contribution in [0.25, 0.3) is 0 Å². The van der Waals surface area contributed by atoms with Crippen LogP contribution in [0, 0.1) is 19.7 Å². The molecule has 1 aromatic carbocycles. The van der Waals surface area contributed by atoms with E-state index in [2.05, 4.69) is 4.98 Å². The first-order chi connectivity index (χ1) is 8.97. The Bertz CT molecular complexity index is 641. The molecule has 19 heavy (non-hydrogen) atoms. The van der Waals surface area contributed by atoms with Gasteiger partial charge in [-0.1, -0.05) is 0 Å². The number of hydrogen-bond acceptors (Lipinski definition) is 3. The topological polar surface area (TPSA) is 59.4 Å². The maximum atomic E-state index is 13.0. The predicted molar refractivity (Wildman–Crippen MR) is 67.1 cm³/mol. The third-order valence-electron chi connectivity index (χ3n) is 2.62. The molecule has 1 heterocycles. The van der Waals surface area contributed by atoms with Crippen LogP contribution in [-0.4, -0.2) is 16.1 Å². The van der Waals surface area contributed by atoms with Crippen molar-refractivity contribution >= 4 is 5.97 Å². The Morgan fingerprint density at radius 1 is 1.26 bits per heavy atom. The van der Waals surface area contributed by atoms with E-state index in [1.807, 2.05) is 0 Å². The van der Waals surface area contributed by atoms with Crippen LogP contribution in [0.3, 0.4) is 0 Å². The lowest BCUT2D eigenvalue weighted by atomic mass is 10.2. The van der Waals surface area contributed by atoms with Gasteiger partial charge in [0, 0.05) is 11.8 Å². The normalized spacial score (nSPS) is 10.3. The van der Waals surface area contributed by atoms with Crippen LogP contribution in [-0.2, 0) is 0 Å². The molecule has 0 radical (unpaired) electrons. The second-order valence-corrected chi connectivity index (χ2v) is 4.16. The fourth-order valence-electron chi connectivity index (χ4n) is 1.62. The van der Waals surface area contributed by atoms with Crippen LogP contribution in [0.2, 0.25) is 0 Å². The molecule has 0 amide bonds. The van der Waals surface area contributed by atoms with Gasteiger partial charge in [0.15, 0.2) is 0 Å². The van der Waals surface area contributed by atoms with E-state index in [0.717, 1.165) is 0 Å². The van der Waals surface area contributed by atoms with Crippen molar-refractivity contribution in [1.29, 1.82) is 0 Å². The quantitative estimate of drug-likeness (QED) is 0.920. The number of nitrogens with zero attached hydrogens (tertiary/aromatic N) is 1. The van der Waals surface area contributed by atoms with Gasteiger partial charge in [0.25, 0.3) is 0 Å². The molecule has 0 saturated heterocycles. The van der Waals surface area contributed by atoms with E-state index in [1.54, 1.807) is 13.8 Å². The number of pyridine rings is 1. The summed E-state index contributed by atoms with van der Waals surface area (Å²) in [5.41, 5.74) is 1.34. The fourth-order valence-corrected chi connectivity index (χ4v) is 1.62. The Labute approximate surface area is 109 Å². The van der Waals surface area contributed by atoms with Crippen LogP contribution in [0.1, 0.15) is 21.5 Å². The number of aromatic carboxylic acids is 1. The SMILES string of the molecule is Cc1cc(F)ccc1Oc1ncc(C(=O)O)cc1C. The number of carboxylic acids is 1. The molecule has 2 aromatic rings. The van der Waals surface area contributed by atoms with Crippen molar-refractivity contribution in [3.63, 3.8) is 0 Å². The fraction of sp³-hybridized carbons (Fsp3) is 0.143. The zero-order valence-corrected chi connectivity index (χ0v) is 10.5. The first-order valence-corrected chi connectivity index (χ1v) is 5.61. The van der Waals surface area contributed by atoms with Gasteiger partial charge in [0.1, 0.15) is 11.6 Å². The highest BCUT2D eigenvalue weighted by Gasteiger charge is 2.10. The van der Waals surface area contributed by atoms with E-state index in [9.17, 15) is 9.18 Å². The summed E-state index contributed by atoms with van der Waals surface area (Å²) in [6.45, 7) is 3.42. The van der Waals surface area contributed by atoms with E-state index in [1.165, 1.54) is 30.5 Å². The number of carboxylic acid groups (broad SMARTS) is 1. The minimum atomic E-state index is -1.04. The minimum Gasteiger partial charge on any atom is -0.478 e. The van der Waals surface area contributed by atoms with Gasteiger partial charge in [-0.05, 0) is 43.7 Å². The lowest BCUT2D eigenvalue weighted by Crippen LogP contribution is -2.00. The zero-order chi connectivity index (χ0) is 14.0. The molecule has 0 atom stereocenters. The van der Waals surface area contributed by atoms with Crippen molar-refractivity contribution in [2.24, 2.45) is 0 Å². The molecule has 0 spiro atoms. The van der Waals surface area contributed by atoms with Gasteiger partial charge in [0.05, 0.1) is 5.56 Å². The zero-order valence-electron chi connectivity index (χ0n) is 10.5. The highest BCUT2D eigenvalue weighted by molar-refractivity contribution is 5.87. The molecule has 0 aliphatic heterocycles. The summed E-state index contributed by atoms with van der Waals surface area (Å²) in [7, 11) is 0. The lowest BCUT2D eigenvalue weighted by Gasteiger charge is -2.10. The van der Waals surface area contributed by atoms with E-state index in [4.69, 9.17) is 9.84 Å². The van der Waals surface area contributed by atoms with Crippen molar-refractivity contribution in [3.05, 3.63) is 53.0 Å². The van der Waals surface area contributed by atoms with E-state index in [0.29, 0.717) is 22.8 Å². The third kappa shape index (κ3) is 2.88. The molecule has 2 rings (SSSR count). The molecular formula is C14H12FNO3. The van der Waals surface area contributed by atoms with Gasteiger partial charge in [-0.25, -0.2) is 14.2 Å². The van der Waals surface area contributed by atoms with Crippen molar-refractivity contribution in [1.82, 2.24) is 4.98 Å². The Kier molecular flexibility index (Phi) is 3.46. The number of aryl methyl sites for hydroxylation is 2. The Morgan fingerprint density at radius 2 is 2.00 bits per heavy atom. The summed E-state index contributed by atoms with van der Waals surface area (Å²) < 4.78 is 18.5. The summed E-state index contributed by atoms with van der Waals surface area (Å²) >= 11 is 0. The van der Waals surface area contributed by atoms with Crippen molar-refractivity contribution in [2.75, 3.05) is 0 Å². The standard InChI is InChI=1S/C14H12FNO3/c1-8-6-11(15)3-4-12(8)19-13-9(2)5-10(7-16-13)14(17)18/h3-7H,1-2H3,(H,17,18). The smallest absolute Gasteiger partial charge is 0.337 e. The predicted octanol–water partition coefficient (Wildman–Crippen LogP) is 3.33. The summed E-state index contributed by atoms with van der Waals surface area (Å²) in [5, 5.41) is 8.84. The molecule has 0 aliphatic carbocycles. The number of halogens is 1. The maximum absolute atomic E-state index is 13.0. The molecule has 1 N–H and O–H groups in total. The third-order valence-corrected chi connectivity index (χ3v) is 2.62. The molecule has 0 unspecified atom stereocenters. The number of hydrogen-bond donors (Lipinski definition) is 1. The number of benzene rings is 1. The van der Waals surface area contributed by atoms with Crippen LogP contribution in [0.5, 0.6) is 11.6 Å². The summed E-state index contributed by atoms with van der Waals surface area (Å²) in [5.74, 6) is -0.587. The second-order valence-electron chi connectivity index (χ2n) is 4.16. The number of ether oxygens (including phenoxy) is 1. The van der Waals surface area contributed by atoms with E-state index < -0.39 is 5.97 Å². The minimum absolute atomic E-state index is 0.0979. The molecule has 4 nitrogen and oxygen atoms in total. The number of rotatable bonds is 3. The number of carbonyl (C=O) groups is 1. The monoisotopic (exact) mass is 261 g/mol. The van der Waals surface area contributed by atoms with Crippen LogP contribution in [0.15, 0.2) is 30.5 Å². The molecule has 0 bridgehead atoms. The Morgan fingerprint density at radius 3 is 2.58 bits per heavy atom. The largest absolute Gasteiger partial charge is 0.478 e. The molecule has 0 fully saturated rings. The lowest BCUT2D eigenvalue weighted by molar-refractivity contribution is 0.0696. The molecule has 0 aliphatic rings.